The van der Waals surface area contributed by atoms with Crippen molar-refractivity contribution in [2.45, 2.75) is 25.8 Å². The molecule has 0 spiro atoms. The third kappa shape index (κ3) is 4.03. The summed E-state index contributed by atoms with van der Waals surface area (Å²) in [7, 11) is 0. The van der Waals surface area contributed by atoms with Crippen LogP contribution in [0, 0.1) is 0 Å². The highest BCUT2D eigenvalue weighted by Crippen LogP contribution is 2.19. The molecule has 24 heavy (non-hydrogen) atoms. The van der Waals surface area contributed by atoms with E-state index in [4.69, 9.17) is 4.74 Å². The van der Waals surface area contributed by atoms with Crippen molar-refractivity contribution in [3.8, 4) is 0 Å². The van der Waals surface area contributed by atoms with Gasteiger partial charge in [-0.15, -0.1) is 0 Å². The molecule has 0 bridgehead atoms. The number of rotatable bonds is 3. The molecule has 7 heteroatoms. The van der Waals surface area contributed by atoms with Gasteiger partial charge in [0.15, 0.2) is 0 Å². The Morgan fingerprint density at radius 2 is 2.04 bits per heavy atom. The van der Waals surface area contributed by atoms with E-state index >= 15 is 0 Å². The predicted octanol–water partition coefficient (Wildman–Crippen LogP) is 0.659. The highest BCUT2D eigenvalue weighted by Gasteiger charge is 2.22. The Labute approximate surface area is 142 Å². The Morgan fingerprint density at radius 3 is 2.71 bits per heavy atom. The number of aromatic nitrogens is 1. The van der Waals surface area contributed by atoms with E-state index < -0.39 is 0 Å². The summed E-state index contributed by atoms with van der Waals surface area (Å²) in [5, 5.41) is 2.97. The SMILES string of the molecule is CC(=O)NC1CCCN(c2ccc(C(=O)N3CCOCC3)cn2)C1. The minimum absolute atomic E-state index is 0.00117. The molecule has 130 valence electrons. The Balaban J connectivity index is 1.63. The second-order valence-electron chi connectivity index (χ2n) is 6.30. The number of nitrogens with one attached hydrogen (secondary N) is 1. The van der Waals surface area contributed by atoms with Gasteiger partial charge in [0.1, 0.15) is 5.82 Å². The van der Waals surface area contributed by atoms with Gasteiger partial charge in [-0.2, -0.15) is 0 Å². The van der Waals surface area contributed by atoms with Gasteiger partial charge in [0, 0.05) is 45.3 Å². The van der Waals surface area contributed by atoms with E-state index in [0.29, 0.717) is 31.9 Å². The number of hydrogen-bond donors (Lipinski definition) is 1. The normalized spacial score (nSPS) is 21.5. The van der Waals surface area contributed by atoms with Gasteiger partial charge in [-0.1, -0.05) is 0 Å². The van der Waals surface area contributed by atoms with E-state index in [1.54, 1.807) is 18.0 Å². The van der Waals surface area contributed by atoms with Crippen LogP contribution in [0.5, 0.6) is 0 Å². The first kappa shape index (κ1) is 16.7. The molecule has 3 rings (SSSR count). The number of piperidine rings is 1. The minimum atomic E-state index is 0.00117. The van der Waals surface area contributed by atoms with Crippen molar-refractivity contribution in [2.24, 2.45) is 0 Å². The summed E-state index contributed by atoms with van der Waals surface area (Å²) in [4.78, 5) is 32.1. The number of carbonyl (C=O) groups is 2. The number of amides is 2. The number of nitrogens with zero attached hydrogens (tertiary/aromatic N) is 3. The van der Waals surface area contributed by atoms with Crippen LogP contribution in [-0.4, -0.2) is 67.1 Å². The van der Waals surface area contributed by atoms with Crippen molar-refractivity contribution in [3.63, 3.8) is 0 Å². The number of pyridine rings is 1. The predicted molar refractivity (Wildman–Crippen MR) is 90.0 cm³/mol. The number of hydrogen-bond acceptors (Lipinski definition) is 5. The summed E-state index contributed by atoms with van der Waals surface area (Å²) in [5.41, 5.74) is 0.607. The largest absolute Gasteiger partial charge is 0.378 e. The molecule has 2 fully saturated rings. The zero-order valence-electron chi connectivity index (χ0n) is 14.0. The summed E-state index contributed by atoms with van der Waals surface area (Å²) < 4.78 is 5.28. The second kappa shape index (κ2) is 7.61. The highest BCUT2D eigenvalue weighted by molar-refractivity contribution is 5.94. The molecule has 2 amide bonds. The molecular formula is C17H24N4O3. The molecule has 0 radical (unpaired) electrons. The van der Waals surface area contributed by atoms with Crippen LogP contribution in [0.2, 0.25) is 0 Å². The average Bonchev–Trinajstić information content (AvgIpc) is 2.62. The molecular weight excluding hydrogens is 308 g/mol. The van der Waals surface area contributed by atoms with Crippen molar-refractivity contribution in [2.75, 3.05) is 44.3 Å². The average molecular weight is 332 g/mol. The van der Waals surface area contributed by atoms with E-state index in [1.807, 2.05) is 12.1 Å². The van der Waals surface area contributed by atoms with Crippen LogP contribution >= 0.6 is 0 Å². The summed E-state index contributed by atoms with van der Waals surface area (Å²) in [5.74, 6) is 0.858. The lowest BCUT2D eigenvalue weighted by Gasteiger charge is -2.34. The first-order valence-corrected chi connectivity index (χ1v) is 8.48. The van der Waals surface area contributed by atoms with E-state index in [9.17, 15) is 9.59 Å². The van der Waals surface area contributed by atoms with Crippen molar-refractivity contribution in [3.05, 3.63) is 23.9 Å². The van der Waals surface area contributed by atoms with E-state index in [1.165, 1.54) is 0 Å². The van der Waals surface area contributed by atoms with Crippen LogP contribution in [0.4, 0.5) is 5.82 Å². The molecule has 0 saturated carbocycles. The van der Waals surface area contributed by atoms with Gasteiger partial charge in [0.2, 0.25) is 5.91 Å². The zero-order valence-corrected chi connectivity index (χ0v) is 14.0. The molecule has 1 unspecified atom stereocenters. The maximum atomic E-state index is 12.4. The quantitative estimate of drug-likeness (QED) is 0.880. The molecule has 1 aromatic heterocycles. The summed E-state index contributed by atoms with van der Waals surface area (Å²) in [6, 6.07) is 3.89. The van der Waals surface area contributed by atoms with Crippen molar-refractivity contribution < 1.29 is 14.3 Å². The van der Waals surface area contributed by atoms with Crippen LogP contribution in [0.25, 0.3) is 0 Å². The van der Waals surface area contributed by atoms with Crippen molar-refractivity contribution in [1.82, 2.24) is 15.2 Å². The fourth-order valence-electron chi connectivity index (χ4n) is 3.24. The minimum Gasteiger partial charge on any atom is -0.378 e. The maximum absolute atomic E-state index is 12.4. The van der Waals surface area contributed by atoms with Gasteiger partial charge in [-0.05, 0) is 25.0 Å². The fourth-order valence-corrected chi connectivity index (χ4v) is 3.24. The van der Waals surface area contributed by atoms with Crippen LogP contribution in [0.1, 0.15) is 30.1 Å². The molecule has 2 aliphatic rings. The summed E-state index contributed by atoms with van der Waals surface area (Å²) in [6.07, 6.45) is 3.65. The fraction of sp³-hybridized carbons (Fsp3) is 0.588. The molecule has 0 aliphatic carbocycles. The van der Waals surface area contributed by atoms with Crippen LogP contribution in [-0.2, 0) is 9.53 Å². The van der Waals surface area contributed by atoms with Crippen molar-refractivity contribution >= 4 is 17.6 Å². The van der Waals surface area contributed by atoms with Gasteiger partial charge in [-0.25, -0.2) is 4.98 Å². The van der Waals surface area contributed by atoms with E-state index in [-0.39, 0.29) is 17.9 Å². The number of carbonyl (C=O) groups excluding carboxylic acids is 2. The van der Waals surface area contributed by atoms with Gasteiger partial charge in [0.05, 0.1) is 18.8 Å². The first-order valence-electron chi connectivity index (χ1n) is 8.48. The highest BCUT2D eigenvalue weighted by atomic mass is 16.5. The molecule has 7 nitrogen and oxygen atoms in total. The van der Waals surface area contributed by atoms with Gasteiger partial charge < -0.3 is 19.9 Å². The standard InChI is InChI=1S/C17H24N4O3/c1-13(22)19-15-3-2-6-21(12-15)16-5-4-14(11-18-16)17(23)20-7-9-24-10-8-20/h4-5,11,15H,2-3,6-10,12H2,1H3,(H,19,22). The molecule has 3 heterocycles. The third-order valence-electron chi connectivity index (χ3n) is 4.45. The lowest BCUT2D eigenvalue weighted by molar-refractivity contribution is -0.119. The molecule has 2 saturated heterocycles. The first-order chi connectivity index (χ1) is 11.6. The Hall–Kier alpha value is -2.15. The summed E-state index contributed by atoms with van der Waals surface area (Å²) >= 11 is 0. The maximum Gasteiger partial charge on any atom is 0.255 e. The van der Waals surface area contributed by atoms with Crippen LogP contribution < -0.4 is 10.2 Å². The Bertz CT molecular complexity index is 584. The molecule has 1 N–H and O–H groups in total. The van der Waals surface area contributed by atoms with Crippen LogP contribution in [0.3, 0.4) is 0 Å². The number of ether oxygens (including phenoxy) is 1. The zero-order chi connectivity index (χ0) is 16.9. The summed E-state index contributed by atoms with van der Waals surface area (Å²) in [6.45, 7) is 5.66. The second-order valence-corrected chi connectivity index (χ2v) is 6.30. The number of anilines is 1. The van der Waals surface area contributed by atoms with Gasteiger partial charge in [0.25, 0.3) is 5.91 Å². The molecule has 1 atom stereocenters. The number of morpholine rings is 1. The lowest BCUT2D eigenvalue weighted by atomic mass is 10.1. The van der Waals surface area contributed by atoms with Crippen molar-refractivity contribution in [1.29, 1.82) is 0 Å². The lowest BCUT2D eigenvalue weighted by Crippen LogP contribution is -2.47. The molecule has 1 aromatic rings. The van der Waals surface area contributed by atoms with Gasteiger partial charge >= 0.3 is 0 Å². The van der Waals surface area contributed by atoms with E-state index in [2.05, 4.69) is 15.2 Å². The third-order valence-corrected chi connectivity index (χ3v) is 4.45. The smallest absolute Gasteiger partial charge is 0.255 e. The molecule has 2 aliphatic heterocycles. The Morgan fingerprint density at radius 1 is 1.25 bits per heavy atom. The van der Waals surface area contributed by atoms with E-state index in [0.717, 1.165) is 31.7 Å². The monoisotopic (exact) mass is 332 g/mol. The Kier molecular flexibility index (Phi) is 5.30. The van der Waals surface area contributed by atoms with Gasteiger partial charge in [-0.3, -0.25) is 9.59 Å². The topological polar surface area (TPSA) is 74.8 Å². The van der Waals surface area contributed by atoms with Crippen LogP contribution in [0.15, 0.2) is 18.3 Å². The molecule has 0 aromatic carbocycles.